The van der Waals surface area contributed by atoms with Crippen LogP contribution in [0.3, 0.4) is 0 Å². The number of rotatable bonds is 6. The Morgan fingerprint density at radius 1 is 1.13 bits per heavy atom. The van der Waals surface area contributed by atoms with E-state index in [1.807, 2.05) is 42.0 Å². The molecule has 0 radical (unpaired) electrons. The summed E-state index contributed by atoms with van der Waals surface area (Å²) < 4.78 is 40.4. The van der Waals surface area contributed by atoms with Crippen molar-refractivity contribution in [2.45, 2.75) is 25.9 Å². The molecule has 2 nitrogen and oxygen atoms in total. The highest BCUT2D eigenvalue weighted by atomic mass is 19.4. The Balaban J connectivity index is 1.77. The molecule has 1 aromatic heterocycles. The molecule has 5 heteroatoms. The number of hydrogen-bond donors (Lipinski definition) is 0. The molecule has 0 aliphatic carbocycles. The molecule has 0 saturated heterocycles. The average molecular weight is 410 g/mol. The summed E-state index contributed by atoms with van der Waals surface area (Å²) in [6.07, 6.45) is 1.33. The minimum atomic E-state index is -4.33. The average Bonchev–Trinajstić information content (AvgIpc) is 3.03. The second kappa shape index (κ2) is 9.23. The maximum atomic E-state index is 12.8. The third-order valence-corrected chi connectivity index (χ3v) is 4.99. The Hall–Kier alpha value is -2.97. The van der Waals surface area contributed by atoms with Crippen molar-refractivity contribution < 1.29 is 13.2 Å². The van der Waals surface area contributed by atoms with Gasteiger partial charge in [0, 0.05) is 35.8 Å². The Labute approximate surface area is 175 Å². The van der Waals surface area contributed by atoms with Gasteiger partial charge in [0.2, 0.25) is 0 Å². The lowest BCUT2D eigenvalue weighted by molar-refractivity contribution is -0.137. The molecule has 3 aromatic rings. The Kier molecular flexibility index (Phi) is 6.69. The largest absolute Gasteiger partial charge is 0.416 e. The summed E-state index contributed by atoms with van der Waals surface area (Å²) in [5.74, 6) is 6.45. The van der Waals surface area contributed by atoms with Gasteiger partial charge in [-0.25, -0.2) is 0 Å². The van der Waals surface area contributed by atoms with E-state index < -0.39 is 11.7 Å². The van der Waals surface area contributed by atoms with Gasteiger partial charge in [-0.05, 0) is 75.0 Å². The quantitative estimate of drug-likeness (QED) is 0.267. The maximum absolute atomic E-state index is 12.8. The number of hydrogen-bond acceptors (Lipinski definition) is 1. The zero-order chi connectivity index (χ0) is 21.7. The van der Waals surface area contributed by atoms with Crippen LogP contribution in [-0.4, -0.2) is 29.6 Å². The van der Waals surface area contributed by atoms with Crippen LogP contribution in [0.2, 0.25) is 0 Å². The lowest BCUT2D eigenvalue weighted by Gasteiger charge is -2.12. The first-order valence-electron chi connectivity index (χ1n) is 9.87. The SMILES string of the molecule is C=CCN(C)CCCC#Cc1ccc2c(c1)c(C)cn2-c1ccc(C(F)(F)F)cc1. The predicted molar refractivity (Wildman–Crippen MR) is 117 cm³/mol. The number of aromatic nitrogens is 1. The van der Waals surface area contributed by atoms with Crippen molar-refractivity contribution >= 4 is 10.9 Å². The monoisotopic (exact) mass is 410 g/mol. The van der Waals surface area contributed by atoms with Crippen LogP contribution in [0.15, 0.2) is 61.3 Å². The van der Waals surface area contributed by atoms with Gasteiger partial charge in [0.15, 0.2) is 0 Å². The zero-order valence-electron chi connectivity index (χ0n) is 17.3. The molecule has 0 atom stereocenters. The van der Waals surface area contributed by atoms with Crippen molar-refractivity contribution in [3.05, 3.63) is 78.0 Å². The van der Waals surface area contributed by atoms with E-state index in [2.05, 4.69) is 30.4 Å². The summed E-state index contributed by atoms with van der Waals surface area (Å²) in [5, 5.41) is 1.05. The highest BCUT2D eigenvalue weighted by molar-refractivity contribution is 5.86. The van der Waals surface area contributed by atoms with Gasteiger partial charge in [0.05, 0.1) is 11.1 Å². The summed E-state index contributed by atoms with van der Waals surface area (Å²) in [6.45, 7) is 7.59. The van der Waals surface area contributed by atoms with Crippen LogP contribution in [0.25, 0.3) is 16.6 Å². The minimum Gasteiger partial charge on any atom is -0.316 e. The molecule has 0 aliphatic heterocycles. The van der Waals surface area contributed by atoms with Gasteiger partial charge in [-0.1, -0.05) is 17.9 Å². The Morgan fingerprint density at radius 2 is 1.87 bits per heavy atom. The number of fused-ring (bicyclic) bond motifs is 1. The second-order valence-electron chi connectivity index (χ2n) is 7.41. The third kappa shape index (κ3) is 5.14. The van der Waals surface area contributed by atoms with Gasteiger partial charge in [-0.2, -0.15) is 13.2 Å². The molecule has 0 bridgehead atoms. The van der Waals surface area contributed by atoms with E-state index in [1.165, 1.54) is 12.1 Å². The Bertz CT molecular complexity index is 1080. The minimum absolute atomic E-state index is 0.646. The van der Waals surface area contributed by atoms with Crippen LogP contribution in [0.1, 0.15) is 29.5 Å². The van der Waals surface area contributed by atoms with E-state index in [0.29, 0.717) is 5.69 Å². The van der Waals surface area contributed by atoms with Gasteiger partial charge in [0.1, 0.15) is 0 Å². The smallest absolute Gasteiger partial charge is 0.316 e. The lowest BCUT2D eigenvalue weighted by atomic mass is 10.1. The van der Waals surface area contributed by atoms with Gasteiger partial charge in [-0.15, -0.1) is 6.58 Å². The number of halogens is 3. The molecule has 0 spiro atoms. The van der Waals surface area contributed by atoms with E-state index >= 15 is 0 Å². The lowest BCUT2D eigenvalue weighted by Crippen LogP contribution is -2.19. The van der Waals surface area contributed by atoms with E-state index in [1.54, 1.807) is 0 Å². The first-order valence-corrected chi connectivity index (χ1v) is 9.87. The topological polar surface area (TPSA) is 8.17 Å². The van der Waals surface area contributed by atoms with E-state index in [4.69, 9.17) is 0 Å². The summed E-state index contributed by atoms with van der Waals surface area (Å²) in [5.41, 5.74) is 3.00. The number of unbranched alkanes of at least 4 members (excludes halogenated alkanes) is 1. The second-order valence-corrected chi connectivity index (χ2v) is 7.41. The number of aryl methyl sites for hydroxylation is 1. The van der Waals surface area contributed by atoms with Gasteiger partial charge in [-0.3, -0.25) is 0 Å². The van der Waals surface area contributed by atoms with Crippen molar-refractivity contribution in [1.29, 1.82) is 0 Å². The molecule has 0 N–H and O–H groups in total. The maximum Gasteiger partial charge on any atom is 0.416 e. The van der Waals surface area contributed by atoms with E-state index in [9.17, 15) is 13.2 Å². The molecule has 30 heavy (non-hydrogen) atoms. The van der Waals surface area contributed by atoms with Crippen LogP contribution < -0.4 is 0 Å². The first-order chi connectivity index (χ1) is 14.3. The van der Waals surface area contributed by atoms with Crippen molar-refractivity contribution in [3.8, 4) is 17.5 Å². The third-order valence-electron chi connectivity index (χ3n) is 4.99. The number of benzene rings is 2. The molecule has 0 amide bonds. The summed E-state index contributed by atoms with van der Waals surface area (Å²) in [4.78, 5) is 2.20. The zero-order valence-corrected chi connectivity index (χ0v) is 17.3. The Morgan fingerprint density at radius 3 is 2.53 bits per heavy atom. The van der Waals surface area contributed by atoms with Crippen molar-refractivity contribution in [2.24, 2.45) is 0 Å². The normalized spacial score (nSPS) is 11.5. The van der Waals surface area contributed by atoms with Crippen LogP contribution in [0.4, 0.5) is 13.2 Å². The van der Waals surface area contributed by atoms with Gasteiger partial charge >= 0.3 is 6.18 Å². The molecule has 3 rings (SSSR count). The number of alkyl halides is 3. The molecule has 0 saturated carbocycles. The van der Waals surface area contributed by atoms with Gasteiger partial charge in [0.25, 0.3) is 0 Å². The molecule has 0 fully saturated rings. The standard InChI is InChI=1S/C25H25F3N2/c1-4-15-29(3)16-7-5-6-8-20-9-14-24-23(17-20)19(2)18-30(24)22-12-10-21(11-13-22)25(26,27)28/h4,9-14,17-18H,1,5,7,15-16H2,2-3H3. The summed E-state index contributed by atoms with van der Waals surface area (Å²) >= 11 is 0. The molecular weight excluding hydrogens is 385 g/mol. The van der Waals surface area contributed by atoms with Crippen LogP contribution in [0.5, 0.6) is 0 Å². The van der Waals surface area contributed by atoms with Crippen molar-refractivity contribution in [1.82, 2.24) is 9.47 Å². The molecule has 0 unspecified atom stereocenters. The summed E-state index contributed by atoms with van der Waals surface area (Å²) in [6, 6.07) is 11.2. The van der Waals surface area contributed by atoms with E-state index in [-0.39, 0.29) is 0 Å². The number of nitrogens with zero attached hydrogens (tertiary/aromatic N) is 2. The predicted octanol–water partition coefficient (Wildman–Crippen LogP) is 6.21. The van der Waals surface area contributed by atoms with Crippen LogP contribution in [-0.2, 0) is 6.18 Å². The highest BCUT2D eigenvalue weighted by Gasteiger charge is 2.30. The molecule has 2 aromatic carbocycles. The molecule has 1 heterocycles. The van der Waals surface area contributed by atoms with Gasteiger partial charge < -0.3 is 9.47 Å². The van der Waals surface area contributed by atoms with E-state index in [0.717, 1.165) is 60.1 Å². The molecular formula is C25H25F3N2. The summed E-state index contributed by atoms with van der Waals surface area (Å²) in [7, 11) is 2.06. The molecule has 0 aliphatic rings. The fraction of sp³-hybridized carbons (Fsp3) is 0.280. The fourth-order valence-electron chi connectivity index (χ4n) is 3.41. The van der Waals surface area contributed by atoms with Crippen LogP contribution >= 0.6 is 0 Å². The highest BCUT2D eigenvalue weighted by Crippen LogP contribution is 2.31. The van der Waals surface area contributed by atoms with Crippen molar-refractivity contribution in [3.63, 3.8) is 0 Å². The first kappa shape index (κ1) is 21.7. The fourth-order valence-corrected chi connectivity index (χ4v) is 3.41. The molecule has 156 valence electrons. The van der Waals surface area contributed by atoms with Crippen molar-refractivity contribution in [2.75, 3.05) is 20.1 Å². The number of likely N-dealkylation sites (N-methyl/N-ethyl adjacent to an activating group) is 1. The van der Waals surface area contributed by atoms with Crippen LogP contribution in [0, 0.1) is 18.8 Å².